The first-order chi connectivity index (χ1) is 16.0. The summed E-state index contributed by atoms with van der Waals surface area (Å²) in [7, 11) is 1.79. The second-order valence-electron chi connectivity index (χ2n) is 9.40. The zero-order valence-corrected chi connectivity index (χ0v) is 19.6. The lowest BCUT2D eigenvalue weighted by Crippen LogP contribution is -2.54. The Kier molecular flexibility index (Phi) is 7.53. The standard InChI is InChI=1S/C25H35N3O5/c1-3-12-26-23(29)14-18-9-10-20-22(33-18)15-32-21-11-8-17(13-19(21)25(31)28(20)2)27-24(30)16-6-4-5-7-16/h8,11,13,16,18,20,22H,3-7,9-10,12,14-15H2,1-2H3,(H,26,29)(H,27,30)/t18-,20+,22+/m0/s1. The molecule has 0 spiro atoms. The van der Waals surface area contributed by atoms with Crippen molar-refractivity contribution in [2.45, 2.75) is 76.5 Å². The summed E-state index contributed by atoms with van der Waals surface area (Å²) in [6.45, 7) is 2.99. The summed E-state index contributed by atoms with van der Waals surface area (Å²) in [6.07, 6.45) is 6.22. The number of hydrogen-bond acceptors (Lipinski definition) is 5. The van der Waals surface area contributed by atoms with E-state index in [4.69, 9.17) is 9.47 Å². The summed E-state index contributed by atoms with van der Waals surface area (Å²) in [4.78, 5) is 39.7. The average Bonchev–Trinajstić information content (AvgIpc) is 3.36. The highest BCUT2D eigenvalue weighted by molar-refractivity contribution is 6.00. The highest BCUT2D eigenvalue weighted by Gasteiger charge is 2.39. The molecule has 3 aliphatic rings. The third-order valence-electron chi connectivity index (χ3n) is 6.99. The first-order valence-corrected chi connectivity index (χ1v) is 12.2. The Labute approximate surface area is 195 Å². The van der Waals surface area contributed by atoms with Gasteiger partial charge < -0.3 is 25.0 Å². The van der Waals surface area contributed by atoms with E-state index in [-0.39, 0.29) is 41.9 Å². The first kappa shape index (κ1) is 23.5. The topological polar surface area (TPSA) is 97.0 Å². The number of carbonyl (C=O) groups is 3. The number of ether oxygens (including phenoxy) is 2. The van der Waals surface area contributed by atoms with E-state index in [0.717, 1.165) is 38.5 Å². The largest absolute Gasteiger partial charge is 0.490 e. The normalized spacial score (nSPS) is 25.3. The molecule has 2 heterocycles. The van der Waals surface area contributed by atoms with Gasteiger partial charge in [0.15, 0.2) is 0 Å². The maximum absolute atomic E-state index is 13.3. The molecule has 0 bridgehead atoms. The van der Waals surface area contributed by atoms with Crippen LogP contribution in [0.25, 0.3) is 0 Å². The van der Waals surface area contributed by atoms with Crippen LogP contribution in [0.1, 0.15) is 68.6 Å². The van der Waals surface area contributed by atoms with Gasteiger partial charge in [0.05, 0.1) is 24.1 Å². The summed E-state index contributed by atoms with van der Waals surface area (Å²) in [5, 5.41) is 5.87. The smallest absolute Gasteiger partial charge is 0.257 e. The van der Waals surface area contributed by atoms with Crippen molar-refractivity contribution in [3.8, 4) is 5.75 Å². The Hall–Kier alpha value is -2.61. The lowest BCUT2D eigenvalue weighted by atomic mass is 9.94. The van der Waals surface area contributed by atoms with Crippen LogP contribution < -0.4 is 15.4 Å². The Morgan fingerprint density at radius 2 is 1.94 bits per heavy atom. The van der Waals surface area contributed by atoms with Gasteiger partial charge in [-0.05, 0) is 50.3 Å². The van der Waals surface area contributed by atoms with E-state index in [1.165, 1.54) is 0 Å². The van der Waals surface area contributed by atoms with E-state index in [1.54, 1.807) is 30.1 Å². The summed E-state index contributed by atoms with van der Waals surface area (Å²) >= 11 is 0. The molecule has 2 N–H and O–H groups in total. The molecule has 1 saturated carbocycles. The number of nitrogens with one attached hydrogen (secondary N) is 2. The SMILES string of the molecule is CCCNC(=O)C[C@@H]1CC[C@@H]2[C@@H](COc3ccc(NC(=O)C4CCCC4)cc3C(=O)N2C)O1. The van der Waals surface area contributed by atoms with E-state index in [1.807, 2.05) is 6.92 Å². The van der Waals surface area contributed by atoms with Crippen LogP contribution in [0.3, 0.4) is 0 Å². The molecule has 1 saturated heterocycles. The van der Waals surface area contributed by atoms with Gasteiger partial charge in [-0.3, -0.25) is 14.4 Å². The molecule has 33 heavy (non-hydrogen) atoms. The minimum Gasteiger partial charge on any atom is -0.490 e. The molecule has 0 radical (unpaired) electrons. The fraction of sp³-hybridized carbons (Fsp3) is 0.640. The highest BCUT2D eigenvalue weighted by atomic mass is 16.5. The van der Waals surface area contributed by atoms with Gasteiger partial charge >= 0.3 is 0 Å². The number of likely N-dealkylation sites (N-methyl/N-ethyl adjacent to an activating group) is 1. The monoisotopic (exact) mass is 457 g/mol. The molecule has 0 unspecified atom stereocenters. The molecule has 1 aromatic carbocycles. The number of benzene rings is 1. The third-order valence-corrected chi connectivity index (χ3v) is 6.99. The Morgan fingerprint density at radius 1 is 1.15 bits per heavy atom. The third kappa shape index (κ3) is 5.49. The van der Waals surface area contributed by atoms with Crippen molar-refractivity contribution in [2.75, 3.05) is 25.5 Å². The maximum atomic E-state index is 13.3. The molecule has 2 fully saturated rings. The molecule has 8 heteroatoms. The fourth-order valence-corrected chi connectivity index (χ4v) is 5.08. The van der Waals surface area contributed by atoms with Gasteiger partial charge in [0.25, 0.3) is 5.91 Å². The summed E-state index contributed by atoms with van der Waals surface area (Å²) in [5.41, 5.74) is 1.06. The van der Waals surface area contributed by atoms with E-state index >= 15 is 0 Å². The molecule has 4 rings (SSSR count). The van der Waals surface area contributed by atoms with Crippen molar-refractivity contribution < 1.29 is 23.9 Å². The predicted molar refractivity (Wildman–Crippen MR) is 124 cm³/mol. The van der Waals surface area contributed by atoms with E-state index in [0.29, 0.717) is 43.0 Å². The number of amides is 3. The number of rotatable bonds is 6. The van der Waals surface area contributed by atoms with Gasteiger partial charge in [0, 0.05) is 25.2 Å². The van der Waals surface area contributed by atoms with Crippen molar-refractivity contribution in [1.82, 2.24) is 10.2 Å². The van der Waals surface area contributed by atoms with E-state index in [2.05, 4.69) is 10.6 Å². The van der Waals surface area contributed by atoms with E-state index in [9.17, 15) is 14.4 Å². The number of carbonyl (C=O) groups excluding carboxylic acids is 3. The molecular formula is C25H35N3O5. The maximum Gasteiger partial charge on any atom is 0.257 e. The van der Waals surface area contributed by atoms with Gasteiger partial charge in [-0.25, -0.2) is 0 Å². The van der Waals surface area contributed by atoms with Crippen LogP contribution in [0.5, 0.6) is 5.75 Å². The number of fused-ring (bicyclic) bond motifs is 2. The zero-order chi connectivity index (χ0) is 23.4. The van der Waals surface area contributed by atoms with Gasteiger partial charge in [0.2, 0.25) is 11.8 Å². The Bertz CT molecular complexity index is 883. The molecular weight excluding hydrogens is 422 g/mol. The summed E-state index contributed by atoms with van der Waals surface area (Å²) in [6, 6.07) is 5.11. The molecule has 1 aliphatic carbocycles. The van der Waals surface area contributed by atoms with Crippen LogP contribution in [0.2, 0.25) is 0 Å². The number of nitrogens with zero attached hydrogens (tertiary/aromatic N) is 1. The number of anilines is 1. The van der Waals surface area contributed by atoms with Crippen LogP contribution in [0.15, 0.2) is 18.2 Å². The minimum absolute atomic E-state index is 0.00554. The average molecular weight is 458 g/mol. The molecule has 1 aromatic rings. The van der Waals surface area contributed by atoms with Crippen LogP contribution >= 0.6 is 0 Å². The van der Waals surface area contributed by atoms with Gasteiger partial charge in [-0.2, -0.15) is 0 Å². The van der Waals surface area contributed by atoms with Crippen LogP contribution in [-0.2, 0) is 14.3 Å². The fourth-order valence-electron chi connectivity index (χ4n) is 5.08. The lowest BCUT2D eigenvalue weighted by molar-refractivity contribution is -0.134. The van der Waals surface area contributed by atoms with Crippen molar-refractivity contribution in [1.29, 1.82) is 0 Å². The van der Waals surface area contributed by atoms with Crippen molar-refractivity contribution in [3.63, 3.8) is 0 Å². The minimum atomic E-state index is -0.299. The van der Waals surface area contributed by atoms with Crippen LogP contribution in [0.4, 0.5) is 5.69 Å². The van der Waals surface area contributed by atoms with Crippen molar-refractivity contribution in [3.05, 3.63) is 23.8 Å². The molecule has 3 amide bonds. The highest BCUT2D eigenvalue weighted by Crippen LogP contribution is 2.33. The quantitative estimate of drug-likeness (QED) is 0.684. The van der Waals surface area contributed by atoms with Crippen molar-refractivity contribution >= 4 is 23.4 Å². The molecule has 8 nitrogen and oxygen atoms in total. The molecule has 180 valence electrons. The zero-order valence-electron chi connectivity index (χ0n) is 19.6. The van der Waals surface area contributed by atoms with E-state index < -0.39 is 0 Å². The van der Waals surface area contributed by atoms with Crippen molar-refractivity contribution in [2.24, 2.45) is 5.92 Å². The lowest BCUT2D eigenvalue weighted by Gasteiger charge is -2.42. The van der Waals surface area contributed by atoms with Gasteiger partial charge in [-0.15, -0.1) is 0 Å². The molecule has 2 aliphatic heterocycles. The number of hydrogen-bond donors (Lipinski definition) is 2. The second-order valence-corrected chi connectivity index (χ2v) is 9.40. The van der Waals surface area contributed by atoms with Crippen LogP contribution in [0, 0.1) is 5.92 Å². The molecule has 3 atom stereocenters. The van der Waals surface area contributed by atoms with Crippen LogP contribution in [-0.4, -0.2) is 61.1 Å². The Balaban J connectivity index is 1.44. The summed E-state index contributed by atoms with van der Waals surface area (Å²) < 4.78 is 12.2. The first-order valence-electron chi connectivity index (χ1n) is 12.2. The van der Waals surface area contributed by atoms with Gasteiger partial charge in [0.1, 0.15) is 18.5 Å². The molecule has 0 aromatic heterocycles. The second kappa shape index (κ2) is 10.5. The summed E-state index contributed by atoms with van der Waals surface area (Å²) in [5.74, 6) is 0.401. The van der Waals surface area contributed by atoms with Gasteiger partial charge in [-0.1, -0.05) is 19.8 Å². The predicted octanol–water partition coefficient (Wildman–Crippen LogP) is 3.11. The Morgan fingerprint density at radius 3 is 2.70 bits per heavy atom.